The van der Waals surface area contributed by atoms with Crippen molar-refractivity contribution in [1.82, 2.24) is 9.88 Å². The van der Waals surface area contributed by atoms with E-state index in [1.165, 1.54) is 31.8 Å². The standard InChI is InChI=1S/C26H26ClF2N3O4/c1-14-18(28)7-8-19(29)23(14)24-17(13-32(2)25(24)21(33)9-10-36-3)26(35)31-20(12-22(30)34)15-5-4-6-16(27)11-15/h4-8,11,13,20H,9-10,12H2,1-3H3,(H2,30,34)(H,31,35)/t20-/m0/s1. The molecule has 0 spiro atoms. The SMILES string of the molecule is COCCC(=O)c1c(-c2c(F)ccc(F)c2C)c(C(=O)N[C@@H](CC(N)=O)c2cccc(Cl)c2)cn1C. The van der Waals surface area contributed by atoms with Crippen molar-refractivity contribution in [2.75, 3.05) is 13.7 Å². The van der Waals surface area contributed by atoms with Crippen LogP contribution in [0.25, 0.3) is 11.1 Å². The number of aryl methyl sites for hydroxylation is 1. The summed E-state index contributed by atoms with van der Waals surface area (Å²) >= 11 is 6.08. The third kappa shape index (κ3) is 5.80. The fraction of sp³-hybridized carbons (Fsp3) is 0.269. The van der Waals surface area contributed by atoms with Crippen LogP contribution in [0.1, 0.15) is 50.9 Å². The molecular formula is C26H26ClF2N3O4. The molecule has 10 heteroatoms. The molecule has 0 aliphatic heterocycles. The lowest BCUT2D eigenvalue weighted by molar-refractivity contribution is -0.118. The van der Waals surface area contributed by atoms with Gasteiger partial charge in [-0.25, -0.2) is 8.78 Å². The van der Waals surface area contributed by atoms with Gasteiger partial charge in [0.2, 0.25) is 5.91 Å². The Hall–Kier alpha value is -3.56. The second kappa shape index (κ2) is 11.5. The highest BCUT2D eigenvalue weighted by atomic mass is 35.5. The molecule has 0 unspecified atom stereocenters. The van der Waals surface area contributed by atoms with E-state index >= 15 is 4.39 Å². The summed E-state index contributed by atoms with van der Waals surface area (Å²) in [6.45, 7) is 1.47. The van der Waals surface area contributed by atoms with Crippen molar-refractivity contribution in [2.45, 2.75) is 25.8 Å². The van der Waals surface area contributed by atoms with Crippen LogP contribution in [0.3, 0.4) is 0 Å². The summed E-state index contributed by atoms with van der Waals surface area (Å²) in [6, 6.07) is 7.61. The van der Waals surface area contributed by atoms with E-state index in [4.69, 9.17) is 22.1 Å². The maximum Gasteiger partial charge on any atom is 0.253 e. The second-order valence-electron chi connectivity index (χ2n) is 8.32. The maximum atomic E-state index is 15.1. The molecule has 2 amide bonds. The molecule has 1 heterocycles. The van der Waals surface area contributed by atoms with Crippen LogP contribution < -0.4 is 11.1 Å². The van der Waals surface area contributed by atoms with Gasteiger partial charge in [0.25, 0.3) is 5.91 Å². The van der Waals surface area contributed by atoms with Crippen LogP contribution in [0, 0.1) is 18.6 Å². The number of hydrogen-bond donors (Lipinski definition) is 2. The third-order valence-corrected chi connectivity index (χ3v) is 6.02. The van der Waals surface area contributed by atoms with Gasteiger partial charge in [0.1, 0.15) is 11.6 Å². The Morgan fingerprint density at radius 1 is 1.14 bits per heavy atom. The minimum Gasteiger partial charge on any atom is -0.384 e. The fourth-order valence-electron chi connectivity index (χ4n) is 4.07. The average molecular weight is 518 g/mol. The monoisotopic (exact) mass is 517 g/mol. The van der Waals surface area contributed by atoms with Crippen LogP contribution in [0.5, 0.6) is 0 Å². The highest BCUT2D eigenvalue weighted by Crippen LogP contribution is 2.36. The molecule has 190 valence electrons. The lowest BCUT2D eigenvalue weighted by Gasteiger charge is -2.19. The molecule has 0 fully saturated rings. The number of ketones is 1. The van der Waals surface area contributed by atoms with E-state index in [1.54, 1.807) is 24.3 Å². The molecule has 3 aromatic rings. The van der Waals surface area contributed by atoms with Crippen LogP contribution in [0.4, 0.5) is 8.78 Å². The minimum atomic E-state index is -0.854. The molecule has 3 rings (SSSR count). The molecular weight excluding hydrogens is 492 g/mol. The highest BCUT2D eigenvalue weighted by Gasteiger charge is 2.30. The normalized spacial score (nSPS) is 11.8. The Labute approximate surface area is 212 Å². The smallest absolute Gasteiger partial charge is 0.253 e. The van der Waals surface area contributed by atoms with Gasteiger partial charge in [0.05, 0.1) is 30.3 Å². The van der Waals surface area contributed by atoms with Crippen molar-refractivity contribution in [3.8, 4) is 11.1 Å². The van der Waals surface area contributed by atoms with Gasteiger partial charge in [-0.15, -0.1) is 0 Å². The maximum absolute atomic E-state index is 15.1. The van der Waals surface area contributed by atoms with Gasteiger partial charge in [-0.1, -0.05) is 23.7 Å². The zero-order valence-corrected chi connectivity index (χ0v) is 20.8. The van der Waals surface area contributed by atoms with Crippen LogP contribution in [0.2, 0.25) is 5.02 Å². The van der Waals surface area contributed by atoms with Gasteiger partial charge in [-0.3, -0.25) is 14.4 Å². The number of aromatic nitrogens is 1. The van der Waals surface area contributed by atoms with Gasteiger partial charge in [-0.2, -0.15) is 0 Å². The molecule has 1 atom stereocenters. The average Bonchev–Trinajstić information content (AvgIpc) is 3.16. The molecule has 0 bridgehead atoms. The first-order valence-corrected chi connectivity index (χ1v) is 11.4. The third-order valence-electron chi connectivity index (χ3n) is 5.78. The van der Waals surface area contributed by atoms with E-state index in [0.717, 1.165) is 12.1 Å². The van der Waals surface area contributed by atoms with E-state index < -0.39 is 35.3 Å². The Bertz CT molecular complexity index is 1320. The molecule has 0 aliphatic carbocycles. The predicted molar refractivity (Wildman–Crippen MR) is 132 cm³/mol. The van der Waals surface area contributed by atoms with Crippen LogP contribution in [0.15, 0.2) is 42.6 Å². The topological polar surface area (TPSA) is 103 Å². The summed E-state index contributed by atoms with van der Waals surface area (Å²) < 4.78 is 36.0. The second-order valence-corrected chi connectivity index (χ2v) is 8.76. The van der Waals surface area contributed by atoms with E-state index in [0.29, 0.717) is 10.6 Å². The number of ether oxygens (including phenoxy) is 1. The summed E-state index contributed by atoms with van der Waals surface area (Å²) in [5.41, 5.74) is 5.58. The number of rotatable bonds is 10. The van der Waals surface area contributed by atoms with Crippen molar-refractivity contribution < 1.29 is 27.9 Å². The number of amides is 2. The van der Waals surface area contributed by atoms with E-state index in [-0.39, 0.29) is 47.4 Å². The van der Waals surface area contributed by atoms with Gasteiger partial charge in [0.15, 0.2) is 5.78 Å². The molecule has 1 aromatic heterocycles. The zero-order chi connectivity index (χ0) is 26.6. The van der Waals surface area contributed by atoms with Crippen molar-refractivity contribution in [1.29, 1.82) is 0 Å². The number of nitrogens with one attached hydrogen (secondary N) is 1. The Morgan fingerprint density at radius 3 is 2.47 bits per heavy atom. The highest BCUT2D eigenvalue weighted by molar-refractivity contribution is 6.30. The van der Waals surface area contributed by atoms with Crippen molar-refractivity contribution >= 4 is 29.2 Å². The Kier molecular flexibility index (Phi) is 8.60. The first kappa shape index (κ1) is 27.0. The predicted octanol–water partition coefficient (Wildman–Crippen LogP) is 4.50. The number of hydrogen-bond acceptors (Lipinski definition) is 4. The molecule has 36 heavy (non-hydrogen) atoms. The largest absolute Gasteiger partial charge is 0.384 e. The summed E-state index contributed by atoms with van der Waals surface area (Å²) in [4.78, 5) is 38.3. The number of benzene rings is 2. The minimum absolute atomic E-state index is 0.0269. The van der Waals surface area contributed by atoms with Crippen LogP contribution >= 0.6 is 11.6 Å². The lowest BCUT2D eigenvalue weighted by atomic mass is 9.93. The first-order chi connectivity index (χ1) is 17.0. The summed E-state index contributed by atoms with van der Waals surface area (Å²) in [7, 11) is 2.97. The summed E-state index contributed by atoms with van der Waals surface area (Å²) in [5, 5.41) is 3.12. The zero-order valence-electron chi connectivity index (χ0n) is 20.0. The van der Waals surface area contributed by atoms with Crippen LogP contribution in [-0.2, 0) is 16.6 Å². The van der Waals surface area contributed by atoms with Gasteiger partial charge in [0, 0.05) is 42.9 Å². The number of halogens is 3. The number of nitrogens with two attached hydrogens (primary N) is 1. The molecule has 7 nitrogen and oxygen atoms in total. The molecule has 0 aliphatic rings. The van der Waals surface area contributed by atoms with E-state index in [1.807, 2.05) is 0 Å². The van der Waals surface area contributed by atoms with Crippen LogP contribution in [-0.4, -0.2) is 35.9 Å². The first-order valence-electron chi connectivity index (χ1n) is 11.1. The molecule has 0 saturated carbocycles. The number of nitrogens with zero attached hydrogens (tertiary/aromatic N) is 1. The number of carbonyl (C=O) groups is 3. The van der Waals surface area contributed by atoms with Gasteiger partial charge < -0.3 is 20.4 Å². The summed E-state index contributed by atoms with van der Waals surface area (Å²) in [6.07, 6.45) is 1.10. The van der Waals surface area contributed by atoms with Crippen molar-refractivity contribution in [3.05, 3.63) is 81.6 Å². The fourth-order valence-corrected chi connectivity index (χ4v) is 4.27. The lowest BCUT2D eigenvalue weighted by Crippen LogP contribution is -2.32. The van der Waals surface area contributed by atoms with Gasteiger partial charge >= 0.3 is 0 Å². The van der Waals surface area contributed by atoms with Crippen molar-refractivity contribution in [3.63, 3.8) is 0 Å². The Balaban J connectivity index is 2.17. The van der Waals surface area contributed by atoms with E-state index in [2.05, 4.69) is 5.32 Å². The molecule has 0 saturated heterocycles. The number of primary amides is 1. The molecule has 3 N–H and O–H groups in total. The number of Topliss-reactive ketones (excluding diaryl/α,β-unsaturated/α-hetero) is 1. The number of methoxy groups -OCH3 is 1. The van der Waals surface area contributed by atoms with Gasteiger partial charge in [-0.05, 0) is 42.3 Å². The molecule has 2 aromatic carbocycles. The number of carbonyl (C=O) groups excluding carboxylic acids is 3. The Morgan fingerprint density at radius 2 is 1.83 bits per heavy atom. The quantitative estimate of drug-likeness (QED) is 0.386. The van der Waals surface area contributed by atoms with E-state index in [9.17, 15) is 18.8 Å². The summed E-state index contributed by atoms with van der Waals surface area (Å²) in [5.74, 6) is -3.28. The molecule has 0 radical (unpaired) electrons. The van der Waals surface area contributed by atoms with Crippen molar-refractivity contribution in [2.24, 2.45) is 12.8 Å².